The lowest BCUT2D eigenvalue weighted by Crippen LogP contribution is -2.01. The number of unbranched alkanes of at least 4 members (excludes halogenated alkanes) is 6. The van der Waals surface area contributed by atoms with E-state index in [0.717, 1.165) is 6.42 Å². The first-order valence-corrected chi connectivity index (χ1v) is 10.6. The topological polar surface area (TPSA) is 0 Å². The molecule has 0 amide bonds. The van der Waals surface area contributed by atoms with Gasteiger partial charge in [0.1, 0.15) is 0 Å². The average Bonchev–Trinajstić information content (AvgIpc) is 2.62. The van der Waals surface area contributed by atoms with Gasteiger partial charge in [0.15, 0.2) is 0 Å². The molecule has 25 heavy (non-hydrogen) atoms. The van der Waals surface area contributed by atoms with Gasteiger partial charge in [0.25, 0.3) is 0 Å². The molecular weight excluding hydrogens is 300 g/mol. The molecule has 0 fully saturated rings. The Labute approximate surface area is 154 Å². The highest BCUT2D eigenvalue weighted by atomic mass is 14.2. The quantitative estimate of drug-likeness (QED) is 0.388. The lowest BCUT2D eigenvalue weighted by Gasteiger charge is -2.19. The van der Waals surface area contributed by atoms with Gasteiger partial charge in [-0.3, -0.25) is 0 Å². The monoisotopic (exact) mass is 334 g/mol. The second-order valence-electron chi connectivity index (χ2n) is 7.80. The normalized spacial score (nSPS) is 13.3. The molecule has 0 saturated carbocycles. The molecule has 0 radical (unpaired) electrons. The van der Waals surface area contributed by atoms with Crippen molar-refractivity contribution in [1.29, 1.82) is 0 Å². The molecule has 0 unspecified atom stereocenters. The van der Waals surface area contributed by atoms with Gasteiger partial charge in [-0.25, -0.2) is 0 Å². The van der Waals surface area contributed by atoms with Crippen molar-refractivity contribution in [3.8, 4) is 0 Å². The number of allylic oxidation sites excluding steroid dienone is 1. The van der Waals surface area contributed by atoms with Gasteiger partial charge >= 0.3 is 0 Å². The number of benzene rings is 2. The second kappa shape index (κ2) is 9.22. The van der Waals surface area contributed by atoms with E-state index in [2.05, 4.69) is 50.3 Å². The van der Waals surface area contributed by atoms with Crippen molar-refractivity contribution >= 4 is 16.8 Å². The summed E-state index contributed by atoms with van der Waals surface area (Å²) in [5.41, 5.74) is 6.19. The van der Waals surface area contributed by atoms with E-state index < -0.39 is 0 Å². The smallest absolute Gasteiger partial charge is 0.00574 e. The molecule has 1 aliphatic rings. The Kier molecular flexibility index (Phi) is 6.73. The first-order chi connectivity index (χ1) is 12.3. The predicted octanol–water partition coefficient (Wildman–Crippen LogP) is 7.87. The highest BCUT2D eigenvalue weighted by Crippen LogP contribution is 2.34. The van der Waals surface area contributed by atoms with E-state index in [4.69, 9.17) is 0 Å². The number of hydrogen-bond acceptors (Lipinski definition) is 0. The maximum absolute atomic E-state index is 2.51. The van der Waals surface area contributed by atoms with Crippen molar-refractivity contribution in [3.05, 3.63) is 52.6 Å². The van der Waals surface area contributed by atoms with E-state index in [1.807, 2.05) is 0 Å². The zero-order valence-electron chi connectivity index (χ0n) is 16.2. The zero-order valence-corrected chi connectivity index (χ0v) is 16.2. The standard InChI is InChI=1S/C25H34/c1-3-5-7-9-12-20-16-22-14-11-15-23-17-21(13-10-8-6-4-2)19-24(18-20)25(22)23/h11,14-16,18-19H,3-10,12-13,17H2,1-2H3. The minimum atomic E-state index is 1.16. The first-order valence-electron chi connectivity index (χ1n) is 10.6. The van der Waals surface area contributed by atoms with Gasteiger partial charge in [-0.05, 0) is 59.6 Å². The molecule has 0 N–H and O–H groups in total. The van der Waals surface area contributed by atoms with Gasteiger partial charge in [-0.15, -0.1) is 0 Å². The van der Waals surface area contributed by atoms with Crippen molar-refractivity contribution in [1.82, 2.24) is 0 Å². The average molecular weight is 335 g/mol. The molecule has 2 aromatic rings. The third-order valence-corrected chi connectivity index (χ3v) is 5.60. The summed E-state index contributed by atoms with van der Waals surface area (Å²) in [6.07, 6.45) is 17.0. The van der Waals surface area contributed by atoms with Crippen LogP contribution >= 0.6 is 0 Å². The Hall–Kier alpha value is -1.56. The molecule has 0 aliphatic heterocycles. The highest BCUT2D eigenvalue weighted by molar-refractivity contribution is 5.96. The third-order valence-electron chi connectivity index (χ3n) is 5.60. The van der Waals surface area contributed by atoms with E-state index in [9.17, 15) is 0 Å². The summed E-state index contributed by atoms with van der Waals surface area (Å²) in [7, 11) is 0. The van der Waals surface area contributed by atoms with Gasteiger partial charge < -0.3 is 0 Å². The summed E-state index contributed by atoms with van der Waals surface area (Å²) in [4.78, 5) is 0. The minimum Gasteiger partial charge on any atom is -0.0654 e. The molecule has 2 aromatic carbocycles. The van der Waals surface area contributed by atoms with Crippen LogP contribution in [0.2, 0.25) is 0 Å². The highest BCUT2D eigenvalue weighted by Gasteiger charge is 2.14. The van der Waals surface area contributed by atoms with Crippen LogP contribution in [0.15, 0.2) is 35.9 Å². The fraction of sp³-hybridized carbons (Fsp3) is 0.520. The van der Waals surface area contributed by atoms with E-state index in [0.29, 0.717) is 0 Å². The molecule has 0 saturated heterocycles. The number of aryl methyl sites for hydroxylation is 1. The lowest BCUT2D eigenvalue weighted by atomic mass is 9.85. The van der Waals surface area contributed by atoms with Gasteiger partial charge in [-0.2, -0.15) is 0 Å². The van der Waals surface area contributed by atoms with Crippen LogP contribution in [-0.2, 0) is 12.8 Å². The molecule has 0 nitrogen and oxygen atoms in total. The molecule has 0 heterocycles. The summed E-state index contributed by atoms with van der Waals surface area (Å²) in [6, 6.07) is 11.8. The molecule has 0 heteroatoms. The van der Waals surface area contributed by atoms with Crippen LogP contribution in [0.3, 0.4) is 0 Å². The van der Waals surface area contributed by atoms with Gasteiger partial charge in [0.2, 0.25) is 0 Å². The van der Waals surface area contributed by atoms with Crippen LogP contribution in [-0.4, -0.2) is 0 Å². The zero-order chi connectivity index (χ0) is 17.5. The van der Waals surface area contributed by atoms with Crippen molar-refractivity contribution in [2.75, 3.05) is 0 Å². The fourth-order valence-corrected chi connectivity index (χ4v) is 4.22. The SMILES string of the molecule is CCCCCCC1=Cc2cc(CCCCCC)cc3cccc(c23)C1. The van der Waals surface area contributed by atoms with Crippen LogP contribution < -0.4 is 0 Å². The summed E-state index contributed by atoms with van der Waals surface area (Å²) in [5, 5.41) is 2.96. The molecule has 0 spiro atoms. The van der Waals surface area contributed by atoms with Crippen LogP contribution in [0.4, 0.5) is 0 Å². The molecule has 1 aliphatic carbocycles. The summed E-state index contributed by atoms with van der Waals surface area (Å²) in [5.74, 6) is 0. The minimum absolute atomic E-state index is 1.16. The maximum atomic E-state index is 2.51. The van der Waals surface area contributed by atoms with E-state index >= 15 is 0 Å². The summed E-state index contributed by atoms with van der Waals surface area (Å²) < 4.78 is 0. The van der Waals surface area contributed by atoms with Gasteiger partial charge in [0.05, 0.1) is 0 Å². The third kappa shape index (κ3) is 4.75. The molecule has 3 rings (SSSR count). The molecule has 0 bridgehead atoms. The Morgan fingerprint density at radius 3 is 2.32 bits per heavy atom. The Bertz CT molecular complexity index is 720. The van der Waals surface area contributed by atoms with Crippen LogP contribution in [0.5, 0.6) is 0 Å². The predicted molar refractivity (Wildman–Crippen MR) is 112 cm³/mol. The molecule has 134 valence electrons. The lowest BCUT2D eigenvalue weighted by molar-refractivity contribution is 0.660. The Morgan fingerprint density at radius 2 is 1.56 bits per heavy atom. The van der Waals surface area contributed by atoms with Crippen molar-refractivity contribution < 1.29 is 0 Å². The van der Waals surface area contributed by atoms with Crippen molar-refractivity contribution in [2.45, 2.75) is 84.5 Å². The largest absolute Gasteiger partial charge is 0.0654 e. The van der Waals surface area contributed by atoms with E-state index in [1.54, 1.807) is 5.57 Å². The Balaban J connectivity index is 1.78. The molecular formula is C25H34. The first kappa shape index (κ1) is 18.2. The van der Waals surface area contributed by atoms with Gasteiger partial charge in [0, 0.05) is 0 Å². The van der Waals surface area contributed by atoms with Crippen molar-refractivity contribution in [3.63, 3.8) is 0 Å². The number of hydrogen-bond donors (Lipinski definition) is 0. The van der Waals surface area contributed by atoms with Crippen LogP contribution in [0, 0.1) is 0 Å². The van der Waals surface area contributed by atoms with Gasteiger partial charge in [-0.1, -0.05) is 94.4 Å². The maximum Gasteiger partial charge on any atom is -0.00574 e. The summed E-state index contributed by atoms with van der Waals surface area (Å²) in [6.45, 7) is 4.58. The fourth-order valence-electron chi connectivity index (χ4n) is 4.22. The van der Waals surface area contributed by atoms with E-state index in [-0.39, 0.29) is 0 Å². The van der Waals surface area contributed by atoms with E-state index in [1.165, 1.54) is 91.7 Å². The number of rotatable bonds is 10. The molecule has 0 aromatic heterocycles. The van der Waals surface area contributed by atoms with Crippen LogP contribution in [0.1, 0.15) is 88.3 Å². The Morgan fingerprint density at radius 1 is 0.800 bits per heavy atom. The second-order valence-corrected chi connectivity index (χ2v) is 7.80. The van der Waals surface area contributed by atoms with Crippen LogP contribution in [0.25, 0.3) is 16.8 Å². The molecule has 0 atom stereocenters. The van der Waals surface area contributed by atoms with Crippen molar-refractivity contribution in [2.24, 2.45) is 0 Å². The summed E-state index contributed by atoms with van der Waals surface area (Å²) >= 11 is 0.